The highest BCUT2D eigenvalue weighted by molar-refractivity contribution is 7.99. The Morgan fingerprint density at radius 1 is 0.966 bits per heavy atom. The normalized spacial score (nSPS) is 12.3. The van der Waals surface area contributed by atoms with Crippen LogP contribution in [-0.4, -0.2) is 9.55 Å². The van der Waals surface area contributed by atoms with Crippen molar-refractivity contribution in [2.75, 3.05) is 0 Å². The molecule has 146 valence electrons. The Hall–Kier alpha value is -2.56. The van der Waals surface area contributed by atoms with Gasteiger partial charge in [-0.1, -0.05) is 65.8 Å². The zero-order valence-electron chi connectivity index (χ0n) is 16.5. The summed E-state index contributed by atoms with van der Waals surface area (Å²) in [5.74, 6) is 0. The molecular formula is C24H21ClN2OS. The Balaban J connectivity index is 1.94. The van der Waals surface area contributed by atoms with Gasteiger partial charge in [-0.3, -0.25) is 9.36 Å². The van der Waals surface area contributed by atoms with E-state index in [9.17, 15) is 4.79 Å². The highest BCUT2D eigenvalue weighted by Crippen LogP contribution is 2.38. The molecule has 4 aromatic rings. The van der Waals surface area contributed by atoms with Gasteiger partial charge < -0.3 is 0 Å². The van der Waals surface area contributed by atoms with E-state index in [-0.39, 0.29) is 10.8 Å². The Labute approximate surface area is 179 Å². The third-order valence-corrected chi connectivity index (χ3v) is 6.62. The molecule has 0 N–H and O–H groups in total. The summed E-state index contributed by atoms with van der Waals surface area (Å²) in [6.07, 6.45) is 0. The van der Waals surface area contributed by atoms with E-state index in [2.05, 4.69) is 19.9 Å². The van der Waals surface area contributed by atoms with Crippen molar-refractivity contribution in [1.82, 2.24) is 9.55 Å². The lowest BCUT2D eigenvalue weighted by Gasteiger charge is -2.19. The summed E-state index contributed by atoms with van der Waals surface area (Å²) < 4.78 is 1.74. The molecule has 0 aliphatic heterocycles. The van der Waals surface area contributed by atoms with Crippen LogP contribution < -0.4 is 5.56 Å². The topological polar surface area (TPSA) is 34.9 Å². The van der Waals surface area contributed by atoms with Crippen LogP contribution in [0.5, 0.6) is 0 Å². The van der Waals surface area contributed by atoms with Gasteiger partial charge >= 0.3 is 0 Å². The van der Waals surface area contributed by atoms with E-state index in [1.54, 1.807) is 16.3 Å². The number of rotatable bonds is 4. The highest BCUT2D eigenvalue weighted by atomic mass is 35.5. The molecule has 0 fully saturated rings. The highest BCUT2D eigenvalue weighted by Gasteiger charge is 2.19. The van der Waals surface area contributed by atoms with Crippen molar-refractivity contribution < 1.29 is 0 Å². The van der Waals surface area contributed by atoms with Crippen molar-refractivity contribution >= 4 is 34.3 Å². The maximum absolute atomic E-state index is 13.5. The number of aromatic nitrogens is 2. The molecule has 1 aromatic heterocycles. The Morgan fingerprint density at radius 3 is 2.48 bits per heavy atom. The molecule has 0 spiro atoms. The summed E-state index contributed by atoms with van der Waals surface area (Å²) in [6, 6.07) is 21.3. The van der Waals surface area contributed by atoms with Crippen LogP contribution in [0.15, 0.2) is 76.7 Å². The molecule has 0 unspecified atom stereocenters. The van der Waals surface area contributed by atoms with Crippen molar-refractivity contribution in [2.24, 2.45) is 0 Å². The molecule has 1 heterocycles. The number of hydrogen-bond acceptors (Lipinski definition) is 3. The summed E-state index contributed by atoms with van der Waals surface area (Å²) in [5.41, 5.74) is 4.74. The number of fused-ring (bicyclic) bond motifs is 1. The van der Waals surface area contributed by atoms with Gasteiger partial charge in [0.05, 0.1) is 16.6 Å². The standard InChI is InChI=1S/C24H21ClN2OS/c1-15-9-8-14-22(16(15)2)27-23(28)19-11-5-7-13-21(19)26-24(27)29-17(3)18-10-4-6-12-20(18)25/h4-14,17H,1-3H3/t17-/m1/s1. The second-order valence-electron chi connectivity index (χ2n) is 7.05. The number of para-hydroxylation sites is 1. The minimum Gasteiger partial charge on any atom is -0.268 e. The van der Waals surface area contributed by atoms with E-state index in [1.165, 1.54) is 0 Å². The van der Waals surface area contributed by atoms with Gasteiger partial charge in [-0.05, 0) is 61.7 Å². The zero-order valence-corrected chi connectivity index (χ0v) is 18.1. The Morgan fingerprint density at radius 2 is 1.69 bits per heavy atom. The van der Waals surface area contributed by atoms with Crippen LogP contribution in [0.1, 0.15) is 28.9 Å². The number of nitrogens with zero attached hydrogens (tertiary/aromatic N) is 2. The Kier molecular flexibility index (Phi) is 5.48. The minimum atomic E-state index is -0.0573. The summed E-state index contributed by atoms with van der Waals surface area (Å²) in [4.78, 5) is 18.3. The average Bonchev–Trinajstić information content (AvgIpc) is 2.71. The van der Waals surface area contributed by atoms with Crippen molar-refractivity contribution in [3.8, 4) is 5.69 Å². The average molecular weight is 421 g/mol. The van der Waals surface area contributed by atoms with Crippen molar-refractivity contribution in [2.45, 2.75) is 31.2 Å². The van der Waals surface area contributed by atoms with Crippen LogP contribution >= 0.6 is 23.4 Å². The lowest BCUT2D eigenvalue weighted by atomic mass is 10.1. The molecule has 0 saturated heterocycles. The summed E-state index contributed by atoms with van der Waals surface area (Å²) >= 11 is 7.96. The summed E-state index contributed by atoms with van der Waals surface area (Å²) in [6.45, 7) is 6.18. The van der Waals surface area contributed by atoms with E-state index >= 15 is 0 Å². The van der Waals surface area contributed by atoms with Crippen molar-refractivity contribution in [3.05, 3.63) is 98.8 Å². The molecule has 29 heavy (non-hydrogen) atoms. The summed E-state index contributed by atoms with van der Waals surface area (Å²) in [5, 5.41) is 2.03. The number of aryl methyl sites for hydroxylation is 1. The van der Waals surface area contributed by atoms with Gasteiger partial charge in [-0.25, -0.2) is 4.98 Å². The van der Waals surface area contributed by atoms with E-state index < -0.39 is 0 Å². The molecule has 0 aliphatic carbocycles. The van der Waals surface area contributed by atoms with Gasteiger partial charge in [0, 0.05) is 10.3 Å². The van der Waals surface area contributed by atoms with Gasteiger partial charge in [0.1, 0.15) is 0 Å². The van der Waals surface area contributed by atoms with Crippen LogP contribution in [-0.2, 0) is 0 Å². The van der Waals surface area contributed by atoms with Crippen molar-refractivity contribution in [3.63, 3.8) is 0 Å². The first-order chi connectivity index (χ1) is 14.0. The van der Waals surface area contributed by atoms with Crippen LogP contribution in [0.25, 0.3) is 16.6 Å². The second-order valence-corrected chi connectivity index (χ2v) is 8.77. The van der Waals surface area contributed by atoms with Gasteiger partial charge in [0.25, 0.3) is 5.56 Å². The van der Waals surface area contributed by atoms with Crippen LogP contribution in [0.4, 0.5) is 0 Å². The summed E-state index contributed by atoms with van der Waals surface area (Å²) in [7, 11) is 0. The largest absolute Gasteiger partial charge is 0.268 e. The molecule has 0 saturated carbocycles. The van der Waals surface area contributed by atoms with Gasteiger partial charge in [0.15, 0.2) is 5.16 Å². The fourth-order valence-corrected chi connectivity index (χ4v) is 4.86. The molecule has 0 radical (unpaired) electrons. The van der Waals surface area contributed by atoms with Gasteiger partial charge in [0.2, 0.25) is 0 Å². The van der Waals surface area contributed by atoms with Crippen molar-refractivity contribution in [1.29, 1.82) is 0 Å². The molecule has 3 nitrogen and oxygen atoms in total. The van der Waals surface area contributed by atoms with Crippen LogP contribution in [0.3, 0.4) is 0 Å². The first kappa shape index (κ1) is 19.7. The molecule has 4 rings (SSSR count). The lowest BCUT2D eigenvalue weighted by molar-refractivity contribution is 0.809. The predicted octanol–water partition coefficient (Wildman–Crippen LogP) is 6.51. The van der Waals surface area contributed by atoms with E-state index in [0.29, 0.717) is 21.1 Å². The monoisotopic (exact) mass is 420 g/mol. The Bertz CT molecular complexity index is 1270. The number of thioether (sulfide) groups is 1. The maximum Gasteiger partial charge on any atom is 0.266 e. The minimum absolute atomic E-state index is 0.0353. The molecule has 0 amide bonds. The SMILES string of the molecule is Cc1cccc(-n2c(S[C@H](C)c3ccccc3Cl)nc3ccccc3c2=O)c1C. The first-order valence-electron chi connectivity index (χ1n) is 9.47. The number of halogens is 1. The molecule has 0 aliphatic rings. The predicted molar refractivity (Wildman–Crippen MR) is 123 cm³/mol. The fourth-order valence-electron chi connectivity index (χ4n) is 3.41. The smallest absolute Gasteiger partial charge is 0.266 e. The number of benzene rings is 3. The zero-order chi connectivity index (χ0) is 20.5. The third-order valence-electron chi connectivity index (χ3n) is 5.19. The molecular weight excluding hydrogens is 400 g/mol. The van der Waals surface area contributed by atoms with E-state index in [0.717, 1.165) is 22.4 Å². The molecule has 1 atom stereocenters. The van der Waals surface area contributed by atoms with Gasteiger partial charge in [-0.2, -0.15) is 0 Å². The van der Waals surface area contributed by atoms with Crippen LogP contribution in [0, 0.1) is 13.8 Å². The lowest BCUT2D eigenvalue weighted by Crippen LogP contribution is -2.23. The van der Waals surface area contributed by atoms with Gasteiger partial charge in [-0.15, -0.1) is 0 Å². The number of hydrogen-bond donors (Lipinski definition) is 0. The second kappa shape index (κ2) is 8.05. The first-order valence-corrected chi connectivity index (χ1v) is 10.7. The molecule has 5 heteroatoms. The maximum atomic E-state index is 13.5. The van der Waals surface area contributed by atoms with Crippen LogP contribution in [0.2, 0.25) is 5.02 Å². The fraction of sp³-hybridized carbons (Fsp3) is 0.167. The third kappa shape index (κ3) is 3.70. The quantitative estimate of drug-likeness (QED) is 0.279. The molecule has 3 aromatic carbocycles. The van der Waals surface area contributed by atoms with E-state index in [4.69, 9.17) is 16.6 Å². The molecule has 0 bridgehead atoms. The van der Waals surface area contributed by atoms with E-state index in [1.807, 2.05) is 67.6 Å².